The number of rotatable bonds is 3. The Balaban J connectivity index is 1.30. The van der Waals surface area contributed by atoms with Crippen molar-refractivity contribution in [1.29, 1.82) is 0 Å². The van der Waals surface area contributed by atoms with Crippen LogP contribution in [0.15, 0.2) is 6.07 Å². The lowest BCUT2D eigenvalue weighted by atomic mass is 10.0. The predicted molar refractivity (Wildman–Crippen MR) is 105 cm³/mol. The van der Waals surface area contributed by atoms with Crippen LogP contribution in [-0.2, 0) is 4.74 Å². The van der Waals surface area contributed by atoms with E-state index in [4.69, 9.17) is 4.74 Å². The Morgan fingerprint density at radius 2 is 1.59 bits per heavy atom. The van der Waals surface area contributed by atoms with E-state index in [0.717, 1.165) is 56.6 Å². The Hall–Kier alpha value is -1.28. The summed E-state index contributed by atoms with van der Waals surface area (Å²) in [4.78, 5) is 16.7. The molecule has 2 atom stereocenters. The molecule has 1 aromatic rings. The molecule has 3 aliphatic heterocycles. The molecule has 7 heteroatoms. The summed E-state index contributed by atoms with van der Waals surface area (Å²) in [5.74, 6) is 0.892. The average molecular weight is 376 g/mol. The molecule has 0 unspecified atom stereocenters. The quantitative estimate of drug-likeness (QED) is 0.839. The van der Waals surface area contributed by atoms with Gasteiger partial charge in [0.05, 0.1) is 25.4 Å². The summed E-state index contributed by atoms with van der Waals surface area (Å²) < 4.78 is 5.45. The topological polar surface area (TPSA) is 65.0 Å². The van der Waals surface area contributed by atoms with E-state index in [-0.39, 0.29) is 12.1 Å². The molecule has 0 aromatic carbocycles. The molecule has 0 bridgehead atoms. The molecule has 0 aliphatic carbocycles. The van der Waals surface area contributed by atoms with Crippen molar-refractivity contribution >= 4 is 5.95 Å². The van der Waals surface area contributed by atoms with Gasteiger partial charge < -0.3 is 14.7 Å². The van der Waals surface area contributed by atoms with Crippen molar-refractivity contribution in [3.8, 4) is 0 Å². The van der Waals surface area contributed by atoms with Crippen LogP contribution in [-0.4, -0.2) is 95.5 Å². The Morgan fingerprint density at radius 3 is 2.26 bits per heavy atom. The second-order valence-corrected chi connectivity index (χ2v) is 8.27. The van der Waals surface area contributed by atoms with Gasteiger partial charge in [-0.15, -0.1) is 0 Å². The highest BCUT2D eigenvalue weighted by Gasteiger charge is 2.34. The molecule has 0 radical (unpaired) electrons. The third-order valence-electron chi connectivity index (χ3n) is 6.29. The highest BCUT2D eigenvalue weighted by molar-refractivity contribution is 5.32. The summed E-state index contributed by atoms with van der Waals surface area (Å²) in [5.41, 5.74) is 2.09. The van der Waals surface area contributed by atoms with Gasteiger partial charge in [0.1, 0.15) is 0 Å². The van der Waals surface area contributed by atoms with E-state index in [0.29, 0.717) is 19.3 Å². The molecule has 0 saturated carbocycles. The van der Waals surface area contributed by atoms with Crippen LogP contribution in [0.5, 0.6) is 0 Å². The van der Waals surface area contributed by atoms with E-state index in [2.05, 4.69) is 24.7 Å². The maximum absolute atomic E-state index is 10.1. The van der Waals surface area contributed by atoms with Gasteiger partial charge in [0.25, 0.3) is 0 Å². The van der Waals surface area contributed by atoms with Crippen LogP contribution in [0.2, 0.25) is 0 Å². The molecule has 1 N–H and O–H groups in total. The van der Waals surface area contributed by atoms with Crippen molar-refractivity contribution in [2.24, 2.45) is 0 Å². The van der Waals surface area contributed by atoms with Crippen molar-refractivity contribution in [3.05, 3.63) is 17.5 Å². The fourth-order valence-corrected chi connectivity index (χ4v) is 4.81. The van der Waals surface area contributed by atoms with Gasteiger partial charge in [-0.3, -0.25) is 9.80 Å². The molecule has 0 amide bonds. The molecule has 3 fully saturated rings. The van der Waals surface area contributed by atoms with E-state index in [1.807, 2.05) is 19.9 Å². The van der Waals surface area contributed by atoms with Gasteiger partial charge in [-0.2, -0.15) is 0 Å². The second kappa shape index (κ2) is 8.39. The summed E-state index contributed by atoms with van der Waals surface area (Å²) in [7, 11) is 0. The number of aryl methyl sites for hydroxylation is 2. The highest BCUT2D eigenvalue weighted by Crippen LogP contribution is 2.23. The number of hydrogen-bond acceptors (Lipinski definition) is 7. The first-order valence-electron chi connectivity index (χ1n) is 10.4. The van der Waals surface area contributed by atoms with Crippen LogP contribution < -0.4 is 4.90 Å². The highest BCUT2D eigenvalue weighted by atomic mass is 16.5. The number of anilines is 1. The summed E-state index contributed by atoms with van der Waals surface area (Å²) in [6, 6.07) is 2.87. The first-order chi connectivity index (χ1) is 13.1. The molecule has 7 nitrogen and oxygen atoms in total. The minimum atomic E-state index is -0.322. The number of nitrogens with zero attached hydrogens (tertiary/aromatic N) is 5. The standard InChI is InChI=1S/C20H33N5O2/c1-15-12-16(2)22-20(21-15)25-8-4-17(5-9-25)23-6-3-7-24(11-10-23)18-13-27-14-19(18)26/h12,17-19,26H,3-11,13-14H2,1-2H3/t18-,19-/m1/s1. The van der Waals surface area contributed by atoms with Gasteiger partial charge in [0, 0.05) is 43.6 Å². The smallest absolute Gasteiger partial charge is 0.225 e. The first-order valence-corrected chi connectivity index (χ1v) is 10.4. The maximum atomic E-state index is 10.1. The monoisotopic (exact) mass is 375 g/mol. The molecule has 3 aliphatic rings. The van der Waals surface area contributed by atoms with Gasteiger partial charge >= 0.3 is 0 Å². The Kier molecular flexibility index (Phi) is 5.92. The predicted octanol–water partition coefficient (Wildman–Crippen LogP) is 0.830. The summed E-state index contributed by atoms with van der Waals surface area (Å²) in [6.45, 7) is 11.7. The zero-order valence-electron chi connectivity index (χ0n) is 16.7. The lowest BCUT2D eigenvalue weighted by Gasteiger charge is -2.38. The zero-order valence-corrected chi connectivity index (χ0v) is 16.7. The van der Waals surface area contributed by atoms with Gasteiger partial charge in [-0.05, 0) is 52.3 Å². The van der Waals surface area contributed by atoms with E-state index < -0.39 is 0 Å². The second-order valence-electron chi connectivity index (χ2n) is 8.27. The van der Waals surface area contributed by atoms with E-state index >= 15 is 0 Å². The molecule has 150 valence electrons. The molecule has 1 aromatic heterocycles. The van der Waals surface area contributed by atoms with Crippen molar-refractivity contribution in [2.75, 3.05) is 57.4 Å². The Morgan fingerprint density at radius 1 is 0.926 bits per heavy atom. The lowest BCUT2D eigenvalue weighted by molar-refractivity contribution is 0.0819. The largest absolute Gasteiger partial charge is 0.389 e. The number of hydrogen-bond donors (Lipinski definition) is 1. The fraction of sp³-hybridized carbons (Fsp3) is 0.800. The van der Waals surface area contributed by atoms with Crippen LogP contribution >= 0.6 is 0 Å². The fourth-order valence-electron chi connectivity index (χ4n) is 4.81. The van der Waals surface area contributed by atoms with Crippen LogP contribution in [0.25, 0.3) is 0 Å². The molecule has 0 spiro atoms. The van der Waals surface area contributed by atoms with Crippen LogP contribution in [0.1, 0.15) is 30.7 Å². The van der Waals surface area contributed by atoms with E-state index in [9.17, 15) is 5.11 Å². The number of aromatic nitrogens is 2. The van der Waals surface area contributed by atoms with Crippen LogP contribution in [0.3, 0.4) is 0 Å². The van der Waals surface area contributed by atoms with Crippen LogP contribution in [0.4, 0.5) is 5.95 Å². The third-order valence-corrected chi connectivity index (χ3v) is 6.29. The van der Waals surface area contributed by atoms with Gasteiger partial charge in [0.2, 0.25) is 5.95 Å². The van der Waals surface area contributed by atoms with Crippen LogP contribution in [0, 0.1) is 13.8 Å². The van der Waals surface area contributed by atoms with Crippen molar-refractivity contribution in [1.82, 2.24) is 19.8 Å². The maximum Gasteiger partial charge on any atom is 0.225 e. The SMILES string of the molecule is Cc1cc(C)nc(N2CCC(N3CCCN([C@@H]4COC[C@H]4O)CC3)CC2)n1. The number of aliphatic hydroxyl groups is 1. The Labute approximate surface area is 162 Å². The minimum absolute atomic E-state index is 0.188. The summed E-state index contributed by atoms with van der Waals surface area (Å²) in [6.07, 6.45) is 3.19. The summed E-state index contributed by atoms with van der Waals surface area (Å²) >= 11 is 0. The van der Waals surface area contributed by atoms with Gasteiger partial charge in [-0.25, -0.2) is 9.97 Å². The van der Waals surface area contributed by atoms with Gasteiger partial charge in [0.15, 0.2) is 0 Å². The minimum Gasteiger partial charge on any atom is -0.389 e. The first kappa shape index (κ1) is 19.1. The third kappa shape index (κ3) is 4.42. The number of aliphatic hydroxyl groups excluding tert-OH is 1. The molecule has 27 heavy (non-hydrogen) atoms. The molecule has 3 saturated heterocycles. The van der Waals surface area contributed by atoms with Gasteiger partial charge in [-0.1, -0.05) is 0 Å². The lowest BCUT2D eigenvalue weighted by Crippen LogP contribution is -2.48. The Bertz CT molecular complexity index is 615. The molecular weight excluding hydrogens is 342 g/mol. The normalized spacial score (nSPS) is 29.2. The molecule has 4 heterocycles. The number of piperidine rings is 1. The summed E-state index contributed by atoms with van der Waals surface area (Å²) in [5, 5.41) is 10.1. The number of ether oxygens (including phenoxy) is 1. The molecular formula is C20H33N5O2. The average Bonchev–Trinajstić information content (AvgIpc) is 2.93. The van der Waals surface area contributed by atoms with E-state index in [1.165, 1.54) is 19.3 Å². The van der Waals surface area contributed by atoms with Crippen molar-refractivity contribution in [2.45, 2.75) is 51.3 Å². The molecule has 4 rings (SSSR count). The zero-order chi connectivity index (χ0) is 18.8. The van der Waals surface area contributed by atoms with Crippen molar-refractivity contribution < 1.29 is 9.84 Å². The van der Waals surface area contributed by atoms with E-state index in [1.54, 1.807) is 0 Å². The van der Waals surface area contributed by atoms with Crippen molar-refractivity contribution in [3.63, 3.8) is 0 Å².